The van der Waals surface area contributed by atoms with Crippen LogP contribution < -0.4 is 11.1 Å². The van der Waals surface area contributed by atoms with Crippen molar-refractivity contribution >= 4 is 11.7 Å². The van der Waals surface area contributed by atoms with E-state index in [0.29, 0.717) is 11.7 Å². The van der Waals surface area contributed by atoms with Crippen molar-refractivity contribution in [3.8, 4) is 0 Å². The Morgan fingerprint density at radius 2 is 2.05 bits per heavy atom. The van der Waals surface area contributed by atoms with Crippen molar-refractivity contribution in [1.82, 2.24) is 20.4 Å². The molecule has 0 aromatic carbocycles. The van der Waals surface area contributed by atoms with Crippen LogP contribution in [0.4, 0.5) is 5.82 Å². The van der Waals surface area contributed by atoms with Crippen LogP contribution in [0.3, 0.4) is 0 Å². The van der Waals surface area contributed by atoms with E-state index in [-0.39, 0.29) is 24.0 Å². The van der Waals surface area contributed by atoms with Crippen LogP contribution in [-0.4, -0.2) is 21.0 Å². The molecule has 7 nitrogen and oxygen atoms in total. The molecule has 0 unspecified atom stereocenters. The Kier molecular flexibility index (Phi) is 4.86. The fraction of sp³-hybridized carbons (Fsp3) is 0.429. The number of amides is 1. The first-order valence-electron chi connectivity index (χ1n) is 6.95. The molecule has 0 bridgehead atoms. The first-order chi connectivity index (χ1) is 10.2. The molecule has 0 atom stereocenters. The molecule has 0 saturated heterocycles. The van der Waals surface area contributed by atoms with Crippen molar-refractivity contribution in [3.63, 3.8) is 0 Å². The van der Waals surface area contributed by atoms with Gasteiger partial charge in [0.2, 0.25) is 0 Å². The van der Waals surface area contributed by atoms with E-state index < -0.39 is 0 Å². The first kappa shape index (κ1) is 15.0. The molecule has 0 aliphatic heterocycles. The number of aromatic nitrogens is 3. The number of nitrogens with two attached hydrogens (primary N) is 1. The number of rotatable bonds is 6. The predicted molar refractivity (Wildman–Crippen MR) is 77.4 cm³/mol. The van der Waals surface area contributed by atoms with Crippen molar-refractivity contribution in [2.45, 2.75) is 39.2 Å². The maximum absolute atomic E-state index is 11.9. The minimum absolute atomic E-state index is 0.102. The molecule has 0 radical (unpaired) electrons. The summed E-state index contributed by atoms with van der Waals surface area (Å²) < 4.78 is 5.23. The summed E-state index contributed by atoms with van der Waals surface area (Å²) in [6.07, 6.45) is 4.87. The Bertz CT molecular complexity index is 607. The first-order valence-corrected chi connectivity index (χ1v) is 6.95. The van der Waals surface area contributed by atoms with Crippen LogP contribution in [0.15, 0.2) is 23.0 Å². The van der Waals surface area contributed by atoms with Gasteiger partial charge in [0.25, 0.3) is 5.91 Å². The van der Waals surface area contributed by atoms with Crippen LogP contribution in [0.2, 0.25) is 0 Å². The second-order valence-corrected chi connectivity index (χ2v) is 4.70. The highest BCUT2D eigenvalue weighted by atomic mass is 16.5. The van der Waals surface area contributed by atoms with Crippen molar-refractivity contribution in [3.05, 3.63) is 35.6 Å². The largest absolute Gasteiger partial charge is 0.382 e. The van der Waals surface area contributed by atoms with Gasteiger partial charge in [-0.3, -0.25) is 4.79 Å². The van der Waals surface area contributed by atoms with E-state index in [2.05, 4.69) is 34.3 Å². The minimum atomic E-state index is -0.388. The summed E-state index contributed by atoms with van der Waals surface area (Å²) in [5.41, 5.74) is 6.63. The summed E-state index contributed by atoms with van der Waals surface area (Å²) in [6, 6.07) is 1.87. The second kappa shape index (κ2) is 6.83. The number of nitrogens with zero attached hydrogens (tertiary/aromatic N) is 3. The standard InChI is InChI=1S/C14H19N5O2/c1-3-9(4-2)11-7-10(21-19-11)8-18-14(20)12-13(15)17-6-5-16-12/h5-7,9H,3-4,8H2,1-2H3,(H2,15,17)(H,18,20). The quantitative estimate of drug-likeness (QED) is 0.840. The van der Waals surface area contributed by atoms with Gasteiger partial charge < -0.3 is 15.6 Å². The normalized spacial score (nSPS) is 10.8. The van der Waals surface area contributed by atoms with Gasteiger partial charge in [-0.2, -0.15) is 0 Å². The highest BCUT2D eigenvalue weighted by Crippen LogP contribution is 2.22. The van der Waals surface area contributed by atoms with Gasteiger partial charge in [0.15, 0.2) is 17.3 Å². The van der Waals surface area contributed by atoms with Crippen LogP contribution in [0, 0.1) is 0 Å². The Morgan fingerprint density at radius 3 is 2.71 bits per heavy atom. The zero-order chi connectivity index (χ0) is 15.2. The molecular formula is C14H19N5O2. The van der Waals surface area contributed by atoms with Crippen molar-refractivity contribution in [2.75, 3.05) is 5.73 Å². The smallest absolute Gasteiger partial charge is 0.274 e. The lowest BCUT2D eigenvalue weighted by atomic mass is 9.99. The zero-order valence-corrected chi connectivity index (χ0v) is 12.2. The molecular weight excluding hydrogens is 270 g/mol. The number of hydrogen-bond donors (Lipinski definition) is 2. The minimum Gasteiger partial charge on any atom is -0.382 e. The lowest BCUT2D eigenvalue weighted by Crippen LogP contribution is -2.25. The van der Waals surface area contributed by atoms with Gasteiger partial charge in [0.05, 0.1) is 12.2 Å². The highest BCUT2D eigenvalue weighted by Gasteiger charge is 2.15. The topological polar surface area (TPSA) is 107 Å². The van der Waals surface area contributed by atoms with Gasteiger partial charge in [0, 0.05) is 24.4 Å². The van der Waals surface area contributed by atoms with Crippen LogP contribution in [0.5, 0.6) is 0 Å². The number of hydrogen-bond acceptors (Lipinski definition) is 6. The number of nitrogens with one attached hydrogen (secondary N) is 1. The van der Waals surface area contributed by atoms with Crippen LogP contribution in [0.1, 0.15) is 54.5 Å². The van der Waals surface area contributed by atoms with E-state index in [0.717, 1.165) is 18.5 Å². The molecule has 0 fully saturated rings. The number of carbonyl (C=O) groups is 1. The molecule has 0 aliphatic carbocycles. The number of carbonyl (C=O) groups excluding carboxylic acids is 1. The van der Waals surface area contributed by atoms with E-state index >= 15 is 0 Å². The van der Waals surface area contributed by atoms with Crippen LogP contribution >= 0.6 is 0 Å². The molecule has 2 rings (SSSR count). The average molecular weight is 289 g/mol. The third-order valence-corrected chi connectivity index (χ3v) is 3.35. The third-order valence-electron chi connectivity index (χ3n) is 3.35. The van der Waals surface area contributed by atoms with Gasteiger partial charge in [-0.25, -0.2) is 9.97 Å². The molecule has 1 amide bonds. The Morgan fingerprint density at radius 1 is 1.33 bits per heavy atom. The highest BCUT2D eigenvalue weighted by molar-refractivity contribution is 5.96. The van der Waals surface area contributed by atoms with Gasteiger partial charge in [0.1, 0.15) is 0 Å². The molecule has 2 aromatic heterocycles. The van der Waals surface area contributed by atoms with Crippen molar-refractivity contribution in [2.24, 2.45) is 0 Å². The lowest BCUT2D eigenvalue weighted by Gasteiger charge is -2.06. The number of anilines is 1. The van der Waals surface area contributed by atoms with Crippen LogP contribution in [-0.2, 0) is 6.54 Å². The summed E-state index contributed by atoms with van der Waals surface area (Å²) >= 11 is 0. The monoisotopic (exact) mass is 289 g/mol. The average Bonchev–Trinajstić information content (AvgIpc) is 2.95. The van der Waals surface area contributed by atoms with Crippen LogP contribution in [0.25, 0.3) is 0 Å². The Labute approximate surface area is 122 Å². The fourth-order valence-electron chi connectivity index (χ4n) is 2.09. The summed E-state index contributed by atoms with van der Waals surface area (Å²) in [5, 5.41) is 6.74. The van der Waals surface area contributed by atoms with Gasteiger partial charge in [-0.15, -0.1) is 0 Å². The molecule has 2 heterocycles. The molecule has 2 aromatic rings. The summed E-state index contributed by atoms with van der Waals surface area (Å²) in [4.78, 5) is 19.7. The molecule has 3 N–H and O–H groups in total. The maximum atomic E-state index is 11.9. The van der Waals surface area contributed by atoms with E-state index in [1.54, 1.807) is 0 Å². The Balaban J connectivity index is 1.97. The second-order valence-electron chi connectivity index (χ2n) is 4.70. The molecule has 112 valence electrons. The maximum Gasteiger partial charge on any atom is 0.274 e. The molecule has 0 spiro atoms. The third kappa shape index (κ3) is 3.56. The van der Waals surface area contributed by atoms with E-state index in [9.17, 15) is 4.79 Å². The molecule has 7 heteroatoms. The molecule has 0 aliphatic rings. The van der Waals surface area contributed by atoms with E-state index in [1.807, 2.05) is 6.07 Å². The van der Waals surface area contributed by atoms with Crippen molar-refractivity contribution < 1.29 is 9.32 Å². The summed E-state index contributed by atoms with van der Waals surface area (Å²) in [6.45, 7) is 4.46. The molecule has 0 saturated carbocycles. The lowest BCUT2D eigenvalue weighted by molar-refractivity contribution is 0.0942. The SMILES string of the molecule is CCC(CC)c1cc(CNC(=O)c2nccnc2N)on1. The fourth-order valence-corrected chi connectivity index (χ4v) is 2.09. The number of nitrogen functional groups attached to an aromatic ring is 1. The molecule has 21 heavy (non-hydrogen) atoms. The van der Waals surface area contributed by atoms with Gasteiger partial charge >= 0.3 is 0 Å². The summed E-state index contributed by atoms with van der Waals surface area (Å²) in [5.74, 6) is 0.702. The Hall–Kier alpha value is -2.44. The van der Waals surface area contributed by atoms with E-state index in [1.165, 1.54) is 12.4 Å². The predicted octanol–water partition coefficient (Wildman–Crippen LogP) is 1.88. The van der Waals surface area contributed by atoms with Crippen molar-refractivity contribution in [1.29, 1.82) is 0 Å². The zero-order valence-electron chi connectivity index (χ0n) is 12.2. The van der Waals surface area contributed by atoms with Gasteiger partial charge in [-0.1, -0.05) is 19.0 Å². The van der Waals surface area contributed by atoms with Gasteiger partial charge in [-0.05, 0) is 12.8 Å². The van der Waals surface area contributed by atoms with E-state index in [4.69, 9.17) is 10.3 Å². The summed E-state index contributed by atoms with van der Waals surface area (Å²) in [7, 11) is 0.